The van der Waals surface area contributed by atoms with E-state index in [9.17, 15) is 0 Å². The number of rotatable bonds is 3. The first-order valence-electron chi connectivity index (χ1n) is 4.78. The Bertz CT molecular complexity index is 361. The van der Waals surface area contributed by atoms with Gasteiger partial charge in [0, 0.05) is 0 Å². The molecule has 0 aromatic carbocycles. The number of aromatic nitrogens is 2. The van der Waals surface area contributed by atoms with Gasteiger partial charge in [-0.15, -0.1) is 0 Å². The third-order valence-corrected chi connectivity index (χ3v) is 4.43. The van der Waals surface area contributed by atoms with Crippen molar-refractivity contribution in [2.45, 2.75) is 20.3 Å². The van der Waals surface area contributed by atoms with Crippen LogP contribution in [-0.2, 0) is 17.1 Å². The predicted octanol–water partition coefficient (Wildman–Crippen LogP) is 1.99. The molecule has 3 heteroatoms. The molecule has 0 bridgehead atoms. The van der Waals surface area contributed by atoms with Gasteiger partial charge >= 0.3 is 92.0 Å². The van der Waals surface area contributed by atoms with Crippen molar-refractivity contribution in [3.05, 3.63) is 34.3 Å². The molecule has 0 saturated heterocycles. The fourth-order valence-electron chi connectivity index (χ4n) is 1.47. The van der Waals surface area contributed by atoms with Gasteiger partial charge in [-0.3, -0.25) is 0 Å². The SMILES string of the molecule is CC(C)C1=[C]([Ru][c]2ncc[nH]2)CC=C1. The third kappa shape index (κ3) is 2.04. The molecule has 1 aliphatic carbocycles. The van der Waals surface area contributed by atoms with E-state index in [1.807, 2.05) is 12.4 Å². The van der Waals surface area contributed by atoms with E-state index in [1.54, 1.807) is 4.17 Å². The number of H-pyrrole nitrogens is 1. The van der Waals surface area contributed by atoms with E-state index < -0.39 is 0 Å². The van der Waals surface area contributed by atoms with Gasteiger partial charge in [-0.05, 0) is 0 Å². The summed E-state index contributed by atoms with van der Waals surface area (Å²) >= 11 is 0.124. The number of nitrogens with zero attached hydrogens (tertiary/aromatic N) is 1. The average Bonchev–Trinajstić information content (AvgIpc) is 2.75. The average molecular weight is 275 g/mol. The molecule has 0 aliphatic heterocycles. The van der Waals surface area contributed by atoms with Crippen molar-refractivity contribution in [2.75, 3.05) is 0 Å². The number of nitrogens with one attached hydrogen (secondary N) is 1. The Morgan fingerprint density at radius 1 is 1.50 bits per heavy atom. The van der Waals surface area contributed by atoms with Crippen LogP contribution in [-0.4, -0.2) is 9.97 Å². The third-order valence-electron chi connectivity index (χ3n) is 2.17. The summed E-state index contributed by atoms with van der Waals surface area (Å²) in [6.45, 7) is 4.52. The first kappa shape index (κ1) is 9.85. The Balaban J connectivity index is 2.15. The molecule has 1 aromatic heterocycles. The molecule has 1 aromatic rings. The van der Waals surface area contributed by atoms with Crippen molar-refractivity contribution in [2.24, 2.45) is 5.92 Å². The first-order valence-corrected chi connectivity index (χ1v) is 6.52. The van der Waals surface area contributed by atoms with Crippen LogP contribution in [0.5, 0.6) is 0 Å². The van der Waals surface area contributed by atoms with Gasteiger partial charge in [0.2, 0.25) is 0 Å². The van der Waals surface area contributed by atoms with E-state index >= 15 is 0 Å². The van der Waals surface area contributed by atoms with Crippen molar-refractivity contribution in [3.8, 4) is 0 Å². The van der Waals surface area contributed by atoms with Crippen LogP contribution in [0.3, 0.4) is 0 Å². The summed E-state index contributed by atoms with van der Waals surface area (Å²) in [5, 5.41) is 0. The summed E-state index contributed by atoms with van der Waals surface area (Å²) in [7, 11) is 0. The van der Waals surface area contributed by atoms with Crippen molar-refractivity contribution in [3.63, 3.8) is 0 Å². The normalized spacial score (nSPS) is 16.2. The number of aromatic amines is 1. The maximum absolute atomic E-state index is 4.30. The molecule has 14 heavy (non-hydrogen) atoms. The number of imidazole rings is 1. The fourth-order valence-corrected chi connectivity index (χ4v) is 3.76. The summed E-state index contributed by atoms with van der Waals surface area (Å²) in [5.41, 5.74) is 1.53. The number of hydrogen-bond acceptors (Lipinski definition) is 1. The molecule has 0 atom stereocenters. The summed E-state index contributed by atoms with van der Waals surface area (Å²) < 4.78 is 2.76. The molecular formula is C11H14N2Ru. The minimum atomic E-state index is 0.124. The molecule has 1 aliphatic rings. The van der Waals surface area contributed by atoms with Gasteiger partial charge in [-0.25, -0.2) is 0 Å². The Kier molecular flexibility index (Phi) is 2.97. The second-order valence-electron chi connectivity index (χ2n) is 3.56. The van der Waals surface area contributed by atoms with Gasteiger partial charge in [0.1, 0.15) is 0 Å². The molecule has 0 spiro atoms. The van der Waals surface area contributed by atoms with Gasteiger partial charge in [-0.2, -0.15) is 0 Å². The molecule has 0 saturated carbocycles. The molecule has 0 fully saturated rings. The number of hydrogen-bond donors (Lipinski definition) is 1. The van der Waals surface area contributed by atoms with Gasteiger partial charge in [0.25, 0.3) is 0 Å². The molecular weight excluding hydrogens is 261 g/mol. The molecule has 0 radical (unpaired) electrons. The zero-order valence-electron chi connectivity index (χ0n) is 8.39. The monoisotopic (exact) mass is 276 g/mol. The quantitative estimate of drug-likeness (QED) is 0.840. The van der Waals surface area contributed by atoms with Crippen LogP contribution in [0, 0.1) is 5.92 Å². The fraction of sp³-hybridized carbons (Fsp3) is 0.364. The molecule has 1 heterocycles. The Morgan fingerprint density at radius 3 is 3.00 bits per heavy atom. The topological polar surface area (TPSA) is 28.7 Å². The Morgan fingerprint density at radius 2 is 2.36 bits per heavy atom. The zero-order chi connectivity index (χ0) is 9.97. The van der Waals surface area contributed by atoms with E-state index in [1.165, 1.54) is 5.57 Å². The second kappa shape index (κ2) is 4.23. The van der Waals surface area contributed by atoms with Crippen LogP contribution >= 0.6 is 0 Å². The summed E-state index contributed by atoms with van der Waals surface area (Å²) in [4.78, 5) is 7.49. The Labute approximate surface area is 92.1 Å². The van der Waals surface area contributed by atoms with E-state index in [0.29, 0.717) is 5.92 Å². The van der Waals surface area contributed by atoms with E-state index in [2.05, 4.69) is 36.0 Å². The van der Waals surface area contributed by atoms with Crippen LogP contribution in [0.4, 0.5) is 0 Å². The van der Waals surface area contributed by atoms with Gasteiger partial charge in [-0.1, -0.05) is 0 Å². The van der Waals surface area contributed by atoms with Gasteiger partial charge < -0.3 is 0 Å². The molecule has 2 nitrogen and oxygen atoms in total. The van der Waals surface area contributed by atoms with Crippen LogP contribution in [0.1, 0.15) is 20.3 Å². The van der Waals surface area contributed by atoms with E-state index in [4.69, 9.17) is 0 Å². The Hall–Kier alpha value is -0.687. The maximum atomic E-state index is 4.30. The summed E-state index contributed by atoms with van der Waals surface area (Å²) in [6, 6.07) is 0. The first-order chi connectivity index (χ1) is 6.77. The number of allylic oxidation sites excluding steroid dienone is 4. The summed E-state index contributed by atoms with van der Waals surface area (Å²) in [5.74, 6) is 0.646. The van der Waals surface area contributed by atoms with Crippen LogP contribution in [0.2, 0.25) is 0 Å². The molecule has 0 amide bonds. The zero-order valence-corrected chi connectivity index (χ0v) is 10.1. The van der Waals surface area contributed by atoms with Crippen LogP contribution in [0.15, 0.2) is 34.3 Å². The van der Waals surface area contributed by atoms with Crippen molar-refractivity contribution in [1.29, 1.82) is 0 Å². The van der Waals surface area contributed by atoms with Crippen molar-refractivity contribution < 1.29 is 17.1 Å². The molecule has 1 N–H and O–H groups in total. The van der Waals surface area contributed by atoms with Crippen LogP contribution < -0.4 is 4.42 Å². The van der Waals surface area contributed by atoms with Gasteiger partial charge in [0.15, 0.2) is 0 Å². The van der Waals surface area contributed by atoms with Crippen molar-refractivity contribution in [1.82, 2.24) is 9.97 Å². The molecule has 0 unspecified atom stereocenters. The standard InChI is InChI=1S/C8H11.C3H3N2.Ru/c1-7(2)8-5-3-4-6-8;1-2-5-3-4-1;/h3,5,7H,4H2,1-2H3;1-2H,(H,4,5);. The van der Waals surface area contributed by atoms with Crippen LogP contribution in [0.25, 0.3) is 0 Å². The van der Waals surface area contributed by atoms with Gasteiger partial charge in [0.05, 0.1) is 0 Å². The minimum absolute atomic E-state index is 0.124. The molecule has 2 rings (SSSR count). The van der Waals surface area contributed by atoms with E-state index in [-0.39, 0.29) is 17.1 Å². The van der Waals surface area contributed by atoms with E-state index in [0.717, 1.165) is 10.8 Å². The summed E-state index contributed by atoms with van der Waals surface area (Å²) in [6.07, 6.45) is 9.41. The van der Waals surface area contributed by atoms with Crippen molar-refractivity contribution >= 4 is 4.42 Å². The second-order valence-corrected chi connectivity index (χ2v) is 5.87. The molecule has 76 valence electrons. The predicted molar refractivity (Wildman–Crippen MR) is 53.8 cm³/mol.